The molecule has 0 fully saturated rings. The molecule has 0 saturated heterocycles. The number of halogens is 1. The first-order valence-electron chi connectivity index (χ1n) is 6.91. The molecule has 25 heavy (non-hydrogen) atoms. The summed E-state index contributed by atoms with van der Waals surface area (Å²) in [6, 6.07) is 3.58. The van der Waals surface area contributed by atoms with E-state index in [9.17, 15) is 14.5 Å². The number of thiazole rings is 1. The Labute approximate surface area is 144 Å². The van der Waals surface area contributed by atoms with E-state index >= 15 is 0 Å². The van der Waals surface area contributed by atoms with Crippen LogP contribution in [0.3, 0.4) is 0 Å². The lowest BCUT2D eigenvalue weighted by atomic mass is 10.1. The summed E-state index contributed by atoms with van der Waals surface area (Å²) in [6.45, 7) is 1.92. The quantitative estimate of drug-likeness (QED) is 0.317. The minimum atomic E-state index is -0.915. The van der Waals surface area contributed by atoms with Crippen molar-refractivity contribution in [3.8, 4) is 11.3 Å². The predicted molar refractivity (Wildman–Crippen MR) is 93.3 cm³/mol. The summed E-state index contributed by atoms with van der Waals surface area (Å²) >= 11 is 1.43. The van der Waals surface area contributed by atoms with Gasteiger partial charge in [0, 0.05) is 22.7 Å². The zero-order valence-electron chi connectivity index (χ0n) is 12.9. The van der Waals surface area contributed by atoms with Crippen molar-refractivity contribution in [2.24, 2.45) is 21.7 Å². The highest BCUT2D eigenvalue weighted by atomic mass is 32.1. The van der Waals surface area contributed by atoms with Gasteiger partial charge in [0.2, 0.25) is 11.8 Å². The predicted octanol–water partition coefficient (Wildman–Crippen LogP) is 2.03. The van der Waals surface area contributed by atoms with Gasteiger partial charge < -0.3 is 11.5 Å². The SMILES string of the molecule is Cc1cn2c(/C=N\N=C(N)N)c(-c3ccc(F)c([N+](=O)[O-])c3)nc2s1. The molecule has 9 nitrogen and oxygen atoms in total. The van der Waals surface area contributed by atoms with Gasteiger partial charge in [-0.2, -0.15) is 9.49 Å². The number of aromatic nitrogens is 2. The highest BCUT2D eigenvalue weighted by Crippen LogP contribution is 2.30. The Hall–Kier alpha value is -3.34. The topological polar surface area (TPSA) is 137 Å². The average molecular weight is 361 g/mol. The second-order valence-electron chi connectivity index (χ2n) is 5.03. The fourth-order valence-corrected chi connectivity index (χ4v) is 3.09. The fraction of sp³-hybridized carbons (Fsp3) is 0.0714. The third-order valence-corrected chi connectivity index (χ3v) is 4.15. The molecule has 11 heteroatoms. The third kappa shape index (κ3) is 3.17. The van der Waals surface area contributed by atoms with Crippen molar-refractivity contribution < 1.29 is 9.31 Å². The number of rotatable bonds is 4. The molecular formula is C14H12FN7O2S. The van der Waals surface area contributed by atoms with Crippen LogP contribution in [0, 0.1) is 22.9 Å². The van der Waals surface area contributed by atoms with Crippen LogP contribution in [0.15, 0.2) is 34.6 Å². The van der Waals surface area contributed by atoms with E-state index in [0.29, 0.717) is 21.9 Å². The van der Waals surface area contributed by atoms with Crippen LogP contribution in [0.5, 0.6) is 0 Å². The zero-order valence-corrected chi connectivity index (χ0v) is 13.7. The second kappa shape index (κ2) is 6.28. The van der Waals surface area contributed by atoms with Crippen molar-refractivity contribution in [3.63, 3.8) is 0 Å². The van der Waals surface area contributed by atoms with Gasteiger partial charge in [0.25, 0.3) is 0 Å². The van der Waals surface area contributed by atoms with E-state index in [1.54, 1.807) is 4.40 Å². The monoisotopic (exact) mass is 361 g/mol. The van der Waals surface area contributed by atoms with Gasteiger partial charge in [-0.15, -0.1) is 16.4 Å². The molecule has 1 aromatic carbocycles. The Morgan fingerprint density at radius 1 is 1.48 bits per heavy atom. The van der Waals surface area contributed by atoms with Gasteiger partial charge in [-0.1, -0.05) is 0 Å². The Kier molecular flexibility index (Phi) is 4.15. The lowest BCUT2D eigenvalue weighted by Crippen LogP contribution is -2.21. The first kappa shape index (κ1) is 16.5. The number of hydrogen-bond donors (Lipinski definition) is 2. The number of nitrogens with two attached hydrogens (primary N) is 2. The van der Waals surface area contributed by atoms with Gasteiger partial charge in [-0.3, -0.25) is 14.5 Å². The van der Waals surface area contributed by atoms with Crippen LogP contribution in [0.2, 0.25) is 0 Å². The number of fused-ring (bicyclic) bond motifs is 1. The van der Waals surface area contributed by atoms with Gasteiger partial charge in [-0.05, 0) is 19.1 Å². The number of aryl methyl sites for hydroxylation is 1. The van der Waals surface area contributed by atoms with E-state index in [-0.39, 0.29) is 5.96 Å². The standard InChI is InChI=1S/C14H12FN7O2S/c1-7-6-21-11(5-18-20-13(16)17)12(19-14(21)25-7)8-2-3-9(15)10(4-8)22(23)24/h2-6H,1H3,(H4,16,17,20)/b18-5-. The van der Waals surface area contributed by atoms with Crippen LogP contribution in [0.1, 0.15) is 10.6 Å². The second-order valence-corrected chi connectivity index (χ2v) is 6.25. The molecule has 0 saturated carbocycles. The Bertz CT molecular complexity index is 1030. The Morgan fingerprint density at radius 2 is 2.24 bits per heavy atom. The van der Waals surface area contributed by atoms with Crippen LogP contribution in [-0.4, -0.2) is 26.5 Å². The number of hydrogen-bond acceptors (Lipinski definition) is 6. The van der Waals surface area contributed by atoms with Gasteiger partial charge >= 0.3 is 5.69 Å². The van der Waals surface area contributed by atoms with Crippen LogP contribution < -0.4 is 11.5 Å². The molecule has 3 aromatic rings. The van der Waals surface area contributed by atoms with Crippen LogP contribution in [-0.2, 0) is 0 Å². The molecule has 0 radical (unpaired) electrons. The minimum absolute atomic E-state index is 0.211. The van der Waals surface area contributed by atoms with Gasteiger partial charge in [0.1, 0.15) is 0 Å². The summed E-state index contributed by atoms with van der Waals surface area (Å²) in [5.41, 5.74) is 11.2. The van der Waals surface area contributed by atoms with E-state index in [2.05, 4.69) is 15.2 Å². The summed E-state index contributed by atoms with van der Waals surface area (Å²) in [5, 5.41) is 18.3. The molecule has 0 spiro atoms. The summed E-state index contributed by atoms with van der Waals surface area (Å²) in [4.78, 5) is 16.3. The maximum Gasteiger partial charge on any atom is 0.305 e. The maximum atomic E-state index is 13.6. The number of nitro benzene ring substituents is 1. The third-order valence-electron chi connectivity index (χ3n) is 3.25. The van der Waals surface area contributed by atoms with Crippen LogP contribution >= 0.6 is 11.3 Å². The molecule has 0 aliphatic carbocycles. The molecule has 128 valence electrons. The van der Waals surface area contributed by atoms with E-state index < -0.39 is 16.4 Å². The molecule has 2 aromatic heterocycles. The van der Waals surface area contributed by atoms with Crippen molar-refractivity contribution in [1.82, 2.24) is 9.38 Å². The highest BCUT2D eigenvalue weighted by Gasteiger charge is 2.20. The lowest BCUT2D eigenvalue weighted by molar-refractivity contribution is -0.387. The van der Waals surface area contributed by atoms with Crippen molar-refractivity contribution in [1.29, 1.82) is 0 Å². The number of nitrogens with zero attached hydrogens (tertiary/aromatic N) is 5. The molecule has 0 aliphatic heterocycles. The van der Waals surface area contributed by atoms with Crippen molar-refractivity contribution in [2.75, 3.05) is 0 Å². The van der Waals surface area contributed by atoms with E-state index in [4.69, 9.17) is 11.5 Å². The molecule has 0 unspecified atom stereocenters. The number of benzene rings is 1. The molecule has 4 N–H and O–H groups in total. The molecule has 0 aliphatic rings. The lowest BCUT2D eigenvalue weighted by Gasteiger charge is -2.01. The first-order valence-corrected chi connectivity index (χ1v) is 7.73. The van der Waals surface area contributed by atoms with E-state index in [1.807, 2.05) is 13.1 Å². The van der Waals surface area contributed by atoms with Gasteiger partial charge in [0.15, 0.2) is 4.96 Å². The van der Waals surface area contributed by atoms with Crippen LogP contribution in [0.25, 0.3) is 16.2 Å². The molecule has 0 bridgehead atoms. The maximum absolute atomic E-state index is 13.6. The van der Waals surface area contributed by atoms with Gasteiger partial charge in [-0.25, -0.2) is 4.98 Å². The molecule has 0 amide bonds. The van der Waals surface area contributed by atoms with E-state index in [1.165, 1.54) is 23.6 Å². The molecule has 3 rings (SSSR count). The number of nitro groups is 1. The summed E-state index contributed by atoms with van der Waals surface area (Å²) in [7, 11) is 0. The normalized spacial score (nSPS) is 11.3. The fourth-order valence-electron chi connectivity index (χ4n) is 2.26. The zero-order chi connectivity index (χ0) is 18.1. The highest BCUT2D eigenvalue weighted by molar-refractivity contribution is 7.17. The largest absolute Gasteiger partial charge is 0.369 e. The van der Waals surface area contributed by atoms with Crippen LogP contribution in [0.4, 0.5) is 10.1 Å². The van der Waals surface area contributed by atoms with Crippen molar-refractivity contribution >= 4 is 34.2 Å². The Morgan fingerprint density at radius 3 is 2.92 bits per heavy atom. The summed E-state index contributed by atoms with van der Waals surface area (Å²) in [5.74, 6) is -1.13. The molecular weight excluding hydrogens is 349 g/mol. The average Bonchev–Trinajstić information content (AvgIpc) is 3.04. The molecule has 2 heterocycles. The Balaban J connectivity index is 2.20. The number of imidazole rings is 1. The summed E-state index contributed by atoms with van der Waals surface area (Å²) < 4.78 is 15.3. The first-order chi connectivity index (χ1) is 11.9. The number of guanidine groups is 1. The smallest absolute Gasteiger partial charge is 0.305 e. The minimum Gasteiger partial charge on any atom is -0.369 e. The van der Waals surface area contributed by atoms with Gasteiger partial charge in [0.05, 0.1) is 22.5 Å². The van der Waals surface area contributed by atoms with E-state index in [0.717, 1.165) is 17.0 Å². The molecule has 0 atom stereocenters. The van der Waals surface area contributed by atoms with Crippen molar-refractivity contribution in [2.45, 2.75) is 6.92 Å². The summed E-state index contributed by atoms with van der Waals surface area (Å²) in [6.07, 6.45) is 3.22. The van der Waals surface area contributed by atoms with Crippen molar-refractivity contribution in [3.05, 3.63) is 50.9 Å².